The van der Waals surface area contributed by atoms with Gasteiger partial charge in [-0.05, 0) is 42.8 Å². The lowest BCUT2D eigenvalue weighted by atomic mass is 10.0. The van der Waals surface area contributed by atoms with Crippen molar-refractivity contribution in [3.63, 3.8) is 0 Å². The normalized spacial score (nSPS) is 10.4. The van der Waals surface area contributed by atoms with Gasteiger partial charge in [0.05, 0.1) is 0 Å². The fourth-order valence-electron chi connectivity index (χ4n) is 1.59. The van der Waals surface area contributed by atoms with E-state index in [1.54, 1.807) is 30.3 Å². The molecule has 16 heavy (non-hydrogen) atoms. The van der Waals surface area contributed by atoms with Gasteiger partial charge in [-0.25, -0.2) is 4.39 Å². The molecule has 0 unspecified atom stereocenters. The van der Waals surface area contributed by atoms with E-state index in [1.165, 1.54) is 6.07 Å². The summed E-state index contributed by atoms with van der Waals surface area (Å²) in [5, 5.41) is 9.46. The van der Waals surface area contributed by atoms with Gasteiger partial charge in [-0.2, -0.15) is 0 Å². The zero-order valence-electron chi connectivity index (χ0n) is 8.67. The van der Waals surface area contributed by atoms with Crippen molar-refractivity contribution in [1.82, 2.24) is 0 Å². The SMILES string of the molecule is Cc1ccc(F)c(-c2cc(O)cc(Br)c2)c1. The van der Waals surface area contributed by atoms with Crippen LogP contribution < -0.4 is 0 Å². The first-order chi connectivity index (χ1) is 7.56. The fraction of sp³-hybridized carbons (Fsp3) is 0.0769. The Bertz CT molecular complexity index is 517. The van der Waals surface area contributed by atoms with Crippen molar-refractivity contribution >= 4 is 15.9 Å². The van der Waals surface area contributed by atoms with Gasteiger partial charge in [-0.3, -0.25) is 0 Å². The van der Waals surface area contributed by atoms with Crippen LogP contribution in [0.1, 0.15) is 5.56 Å². The number of phenols is 1. The molecule has 1 nitrogen and oxygen atoms in total. The molecule has 2 aromatic carbocycles. The summed E-state index contributed by atoms with van der Waals surface area (Å²) in [6.07, 6.45) is 0. The van der Waals surface area contributed by atoms with E-state index in [1.807, 2.05) is 6.92 Å². The molecule has 0 amide bonds. The molecule has 0 aliphatic carbocycles. The maximum absolute atomic E-state index is 13.6. The molecule has 0 atom stereocenters. The van der Waals surface area contributed by atoms with Gasteiger partial charge in [-0.1, -0.05) is 27.6 Å². The second-order valence-electron chi connectivity index (χ2n) is 3.68. The Morgan fingerprint density at radius 3 is 2.56 bits per heavy atom. The summed E-state index contributed by atoms with van der Waals surface area (Å²) in [6, 6.07) is 9.80. The molecular formula is C13H10BrFO. The number of phenolic OH excluding ortho intramolecular Hbond substituents is 1. The van der Waals surface area contributed by atoms with Gasteiger partial charge in [0.1, 0.15) is 11.6 Å². The highest BCUT2D eigenvalue weighted by molar-refractivity contribution is 9.10. The lowest BCUT2D eigenvalue weighted by Crippen LogP contribution is -1.86. The smallest absolute Gasteiger partial charge is 0.131 e. The lowest BCUT2D eigenvalue weighted by molar-refractivity contribution is 0.475. The first-order valence-corrected chi connectivity index (χ1v) is 5.61. The van der Waals surface area contributed by atoms with Gasteiger partial charge in [0.15, 0.2) is 0 Å². The van der Waals surface area contributed by atoms with Crippen LogP contribution in [0.3, 0.4) is 0 Å². The van der Waals surface area contributed by atoms with Gasteiger partial charge >= 0.3 is 0 Å². The molecule has 0 aliphatic heterocycles. The van der Waals surface area contributed by atoms with Crippen LogP contribution in [0.4, 0.5) is 4.39 Å². The van der Waals surface area contributed by atoms with Crippen LogP contribution in [0, 0.1) is 12.7 Å². The lowest BCUT2D eigenvalue weighted by Gasteiger charge is -2.06. The van der Waals surface area contributed by atoms with Crippen molar-refractivity contribution in [2.24, 2.45) is 0 Å². The number of aromatic hydroxyl groups is 1. The molecule has 3 heteroatoms. The Morgan fingerprint density at radius 2 is 1.88 bits per heavy atom. The van der Waals surface area contributed by atoms with Crippen LogP contribution >= 0.6 is 15.9 Å². The summed E-state index contributed by atoms with van der Waals surface area (Å²) in [7, 11) is 0. The third-order valence-electron chi connectivity index (χ3n) is 2.32. The molecule has 2 rings (SSSR count). The molecule has 0 saturated carbocycles. The number of rotatable bonds is 1. The summed E-state index contributed by atoms with van der Waals surface area (Å²) in [4.78, 5) is 0. The highest BCUT2D eigenvalue weighted by Gasteiger charge is 2.07. The molecule has 0 bridgehead atoms. The number of hydrogen-bond donors (Lipinski definition) is 1. The van der Waals surface area contributed by atoms with E-state index in [0.29, 0.717) is 11.1 Å². The summed E-state index contributed by atoms with van der Waals surface area (Å²) >= 11 is 3.27. The summed E-state index contributed by atoms with van der Waals surface area (Å²) < 4.78 is 14.3. The third kappa shape index (κ3) is 2.25. The van der Waals surface area contributed by atoms with Gasteiger partial charge < -0.3 is 5.11 Å². The van der Waals surface area contributed by atoms with Crippen molar-refractivity contribution in [3.05, 3.63) is 52.3 Å². The Morgan fingerprint density at radius 1 is 1.12 bits per heavy atom. The maximum atomic E-state index is 13.6. The van der Waals surface area contributed by atoms with Crippen molar-refractivity contribution in [1.29, 1.82) is 0 Å². The quantitative estimate of drug-likeness (QED) is 0.827. The molecule has 2 aromatic rings. The molecule has 0 aromatic heterocycles. The van der Waals surface area contributed by atoms with Gasteiger partial charge in [0.25, 0.3) is 0 Å². The number of halogens is 2. The average Bonchev–Trinajstić information content (AvgIpc) is 2.20. The Balaban J connectivity index is 2.62. The third-order valence-corrected chi connectivity index (χ3v) is 2.77. The van der Waals surface area contributed by atoms with Crippen LogP contribution in [0.15, 0.2) is 40.9 Å². The largest absolute Gasteiger partial charge is 0.508 e. The maximum Gasteiger partial charge on any atom is 0.131 e. The van der Waals surface area contributed by atoms with E-state index in [9.17, 15) is 9.50 Å². The van der Waals surface area contributed by atoms with Gasteiger partial charge in [0, 0.05) is 10.0 Å². The first-order valence-electron chi connectivity index (χ1n) is 4.82. The zero-order chi connectivity index (χ0) is 11.7. The van der Waals surface area contributed by atoms with E-state index in [4.69, 9.17) is 0 Å². The van der Waals surface area contributed by atoms with E-state index < -0.39 is 0 Å². The fourth-order valence-corrected chi connectivity index (χ4v) is 2.07. The molecule has 0 aliphatic rings. The predicted octanol–water partition coefficient (Wildman–Crippen LogP) is 4.27. The zero-order valence-corrected chi connectivity index (χ0v) is 10.3. The Kier molecular flexibility index (Phi) is 2.97. The van der Waals surface area contributed by atoms with Crippen molar-refractivity contribution in [2.75, 3.05) is 0 Å². The monoisotopic (exact) mass is 280 g/mol. The van der Waals surface area contributed by atoms with Crippen LogP contribution in [-0.2, 0) is 0 Å². The highest BCUT2D eigenvalue weighted by Crippen LogP contribution is 2.30. The Labute approximate surface area is 102 Å². The van der Waals surface area contributed by atoms with Crippen LogP contribution in [0.25, 0.3) is 11.1 Å². The first kappa shape index (κ1) is 11.1. The Hall–Kier alpha value is -1.35. The minimum atomic E-state index is -0.289. The summed E-state index contributed by atoms with van der Waals surface area (Å²) in [5.74, 6) is -0.173. The van der Waals surface area contributed by atoms with Gasteiger partial charge in [-0.15, -0.1) is 0 Å². The topological polar surface area (TPSA) is 20.2 Å². The molecule has 0 radical (unpaired) electrons. The molecular weight excluding hydrogens is 271 g/mol. The van der Waals surface area contributed by atoms with E-state index >= 15 is 0 Å². The number of hydrogen-bond acceptors (Lipinski definition) is 1. The molecule has 0 spiro atoms. The molecule has 0 heterocycles. The molecule has 1 N–H and O–H groups in total. The average molecular weight is 281 g/mol. The van der Waals surface area contributed by atoms with E-state index in [2.05, 4.69) is 15.9 Å². The van der Waals surface area contributed by atoms with Crippen molar-refractivity contribution in [3.8, 4) is 16.9 Å². The highest BCUT2D eigenvalue weighted by atomic mass is 79.9. The minimum absolute atomic E-state index is 0.116. The predicted molar refractivity (Wildman–Crippen MR) is 65.9 cm³/mol. The van der Waals surface area contributed by atoms with Crippen LogP contribution in [0.5, 0.6) is 5.75 Å². The van der Waals surface area contributed by atoms with Crippen LogP contribution in [-0.4, -0.2) is 5.11 Å². The number of benzene rings is 2. The molecule has 0 fully saturated rings. The van der Waals surface area contributed by atoms with Crippen molar-refractivity contribution < 1.29 is 9.50 Å². The number of aryl methyl sites for hydroxylation is 1. The van der Waals surface area contributed by atoms with Crippen LogP contribution in [0.2, 0.25) is 0 Å². The second-order valence-corrected chi connectivity index (χ2v) is 4.60. The standard InChI is InChI=1S/C13H10BrFO/c1-8-2-3-13(15)12(4-8)9-5-10(14)7-11(16)6-9/h2-7,16H,1H3. The molecule has 0 saturated heterocycles. The van der Waals surface area contributed by atoms with E-state index in [-0.39, 0.29) is 11.6 Å². The molecule has 82 valence electrons. The second kappa shape index (κ2) is 4.26. The minimum Gasteiger partial charge on any atom is -0.508 e. The van der Waals surface area contributed by atoms with Crippen molar-refractivity contribution in [2.45, 2.75) is 6.92 Å². The summed E-state index contributed by atoms with van der Waals surface area (Å²) in [5.41, 5.74) is 2.14. The summed E-state index contributed by atoms with van der Waals surface area (Å²) in [6.45, 7) is 1.90. The van der Waals surface area contributed by atoms with Gasteiger partial charge in [0.2, 0.25) is 0 Å². The van der Waals surface area contributed by atoms with E-state index in [0.717, 1.165) is 10.0 Å².